The summed E-state index contributed by atoms with van der Waals surface area (Å²) in [5.41, 5.74) is 8.50. The number of fused-ring (bicyclic) bond motifs is 1. The predicted molar refractivity (Wildman–Crippen MR) is 133 cm³/mol. The molecule has 5 rings (SSSR count). The van der Waals surface area contributed by atoms with Crippen LogP contribution in [0.3, 0.4) is 0 Å². The Labute approximate surface area is 208 Å². The molecular formula is C27H28FN5O3. The number of nitrogens with zero attached hydrogens (tertiary/aromatic N) is 3. The highest BCUT2D eigenvalue weighted by atomic mass is 19.1. The fourth-order valence-corrected chi connectivity index (χ4v) is 4.52. The predicted octanol–water partition coefficient (Wildman–Crippen LogP) is 4.14. The van der Waals surface area contributed by atoms with Crippen molar-refractivity contribution in [2.75, 3.05) is 13.1 Å². The number of benzene rings is 1. The van der Waals surface area contributed by atoms with Crippen LogP contribution < -0.4 is 15.2 Å². The minimum atomic E-state index is -0.755. The summed E-state index contributed by atoms with van der Waals surface area (Å²) in [5.74, 6) is 0.692. The topological polar surface area (TPSA) is 106 Å². The molecule has 1 saturated heterocycles. The maximum Gasteiger partial charge on any atom is 0.239 e. The Hall–Kier alpha value is -3.98. The Morgan fingerprint density at radius 3 is 2.81 bits per heavy atom. The fourth-order valence-electron chi connectivity index (χ4n) is 4.52. The van der Waals surface area contributed by atoms with E-state index in [9.17, 15) is 9.18 Å². The van der Waals surface area contributed by atoms with Crippen molar-refractivity contribution in [1.82, 2.24) is 19.9 Å². The lowest BCUT2D eigenvalue weighted by atomic mass is 10.0. The summed E-state index contributed by atoms with van der Waals surface area (Å²) in [6.07, 6.45) is 8.53. The van der Waals surface area contributed by atoms with E-state index in [4.69, 9.17) is 15.2 Å². The van der Waals surface area contributed by atoms with Crippen molar-refractivity contribution in [1.29, 1.82) is 0 Å². The van der Waals surface area contributed by atoms with Crippen LogP contribution in [0.4, 0.5) is 4.39 Å². The summed E-state index contributed by atoms with van der Waals surface area (Å²) in [6.45, 7) is 3.07. The lowest BCUT2D eigenvalue weighted by Gasteiger charge is -2.33. The van der Waals surface area contributed by atoms with Crippen molar-refractivity contribution >= 4 is 16.9 Å². The number of halogens is 1. The van der Waals surface area contributed by atoms with Crippen molar-refractivity contribution in [3.05, 3.63) is 78.1 Å². The number of hydrogen-bond donors (Lipinski definition) is 2. The molecule has 8 nitrogen and oxygen atoms in total. The number of likely N-dealkylation sites (tertiary alicyclic amines) is 1. The third kappa shape index (κ3) is 5.16. The number of ether oxygens (including phenoxy) is 2. The molecule has 0 saturated carbocycles. The molecule has 36 heavy (non-hydrogen) atoms. The lowest BCUT2D eigenvalue weighted by Crippen LogP contribution is -2.49. The number of H-pyrrole nitrogens is 1. The normalized spacial score (nSPS) is 15.1. The number of aromatic nitrogens is 3. The maximum absolute atomic E-state index is 14.9. The number of rotatable bonds is 7. The van der Waals surface area contributed by atoms with Gasteiger partial charge in [0.1, 0.15) is 23.3 Å². The van der Waals surface area contributed by atoms with Gasteiger partial charge in [0.2, 0.25) is 5.91 Å². The van der Waals surface area contributed by atoms with E-state index >= 15 is 0 Å². The zero-order valence-electron chi connectivity index (χ0n) is 20.0. The zero-order valence-corrected chi connectivity index (χ0v) is 20.0. The monoisotopic (exact) mass is 489 g/mol. The van der Waals surface area contributed by atoms with E-state index in [0.29, 0.717) is 30.0 Å². The van der Waals surface area contributed by atoms with Gasteiger partial charge < -0.3 is 25.1 Å². The zero-order chi connectivity index (χ0) is 25.1. The summed E-state index contributed by atoms with van der Waals surface area (Å²) < 4.78 is 26.7. The SMILES string of the molecule is Cc1c[nH]c2nccc(Oc3ccc(C[C@H](N)C(=O)N4CCC(Oc5cccnc5)CC4)cc3F)c12. The second kappa shape index (κ2) is 10.3. The molecule has 3 aromatic heterocycles. The van der Waals surface area contributed by atoms with Gasteiger partial charge >= 0.3 is 0 Å². The fraction of sp³-hybridized carbons (Fsp3) is 0.296. The standard InChI is InChI=1S/C27H28FN5O3/c1-17-15-32-26-25(17)24(6-10-31-26)36-23-5-4-18(13-21(23)28)14-22(29)27(34)33-11-7-19(8-12-33)35-20-3-2-9-30-16-20/h2-6,9-10,13,15-16,19,22H,7-8,11-12,14,29H2,1H3,(H,31,32)/t22-/m0/s1. The number of nitrogens with one attached hydrogen (secondary N) is 1. The first kappa shape index (κ1) is 23.7. The minimum Gasteiger partial charge on any atom is -0.489 e. The van der Waals surface area contributed by atoms with E-state index in [2.05, 4.69) is 15.0 Å². The molecule has 3 N–H and O–H groups in total. The van der Waals surface area contributed by atoms with Crippen LogP contribution in [0.1, 0.15) is 24.0 Å². The van der Waals surface area contributed by atoms with Crippen LogP contribution in [0, 0.1) is 12.7 Å². The maximum atomic E-state index is 14.9. The molecule has 1 aliphatic heterocycles. The largest absolute Gasteiger partial charge is 0.489 e. The van der Waals surface area contributed by atoms with E-state index in [0.717, 1.165) is 29.5 Å². The van der Waals surface area contributed by atoms with Crippen molar-refractivity contribution < 1.29 is 18.7 Å². The Balaban J connectivity index is 1.17. The van der Waals surface area contributed by atoms with E-state index < -0.39 is 11.9 Å². The van der Waals surface area contributed by atoms with E-state index in [1.165, 1.54) is 6.07 Å². The van der Waals surface area contributed by atoms with E-state index in [1.54, 1.807) is 41.7 Å². The Morgan fingerprint density at radius 2 is 2.06 bits per heavy atom. The number of piperidine rings is 1. The molecular weight excluding hydrogens is 461 g/mol. The smallest absolute Gasteiger partial charge is 0.239 e. The van der Waals surface area contributed by atoms with Crippen LogP contribution in [0.25, 0.3) is 11.0 Å². The summed E-state index contributed by atoms with van der Waals surface area (Å²) in [5, 5.41) is 0.809. The highest BCUT2D eigenvalue weighted by Gasteiger charge is 2.27. The number of amides is 1. The molecule has 1 amide bonds. The second-order valence-electron chi connectivity index (χ2n) is 9.01. The summed E-state index contributed by atoms with van der Waals surface area (Å²) in [6, 6.07) is 9.33. The molecule has 0 aliphatic carbocycles. The van der Waals surface area contributed by atoms with Gasteiger partial charge in [0.25, 0.3) is 0 Å². The number of nitrogens with two attached hydrogens (primary N) is 1. The number of hydrogen-bond acceptors (Lipinski definition) is 6. The van der Waals surface area contributed by atoms with Crippen LogP contribution in [0.5, 0.6) is 17.2 Å². The van der Waals surface area contributed by atoms with Crippen molar-refractivity contribution in [2.24, 2.45) is 5.73 Å². The molecule has 1 aliphatic rings. The summed E-state index contributed by atoms with van der Waals surface area (Å²) in [4.78, 5) is 26.1. The molecule has 0 radical (unpaired) electrons. The molecule has 4 heterocycles. The molecule has 0 spiro atoms. The van der Waals surface area contributed by atoms with Crippen LogP contribution in [-0.4, -0.2) is 51.0 Å². The Morgan fingerprint density at radius 1 is 1.22 bits per heavy atom. The van der Waals surface area contributed by atoms with Gasteiger partial charge in [0.05, 0.1) is 17.6 Å². The molecule has 1 atom stereocenters. The van der Waals surface area contributed by atoms with Gasteiger partial charge in [0.15, 0.2) is 11.6 Å². The van der Waals surface area contributed by atoms with Crippen molar-refractivity contribution in [3.63, 3.8) is 0 Å². The van der Waals surface area contributed by atoms with Gasteiger partial charge in [-0.2, -0.15) is 0 Å². The average molecular weight is 490 g/mol. The highest BCUT2D eigenvalue weighted by molar-refractivity contribution is 5.86. The molecule has 4 aromatic rings. The van der Waals surface area contributed by atoms with Crippen LogP contribution >= 0.6 is 0 Å². The van der Waals surface area contributed by atoms with Crippen molar-refractivity contribution in [2.45, 2.75) is 38.3 Å². The minimum absolute atomic E-state index is 0.0350. The van der Waals surface area contributed by atoms with Crippen molar-refractivity contribution in [3.8, 4) is 17.2 Å². The third-order valence-electron chi connectivity index (χ3n) is 6.41. The van der Waals surface area contributed by atoms with Crippen LogP contribution in [0.2, 0.25) is 0 Å². The number of pyridine rings is 2. The Kier molecular flexibility index (Phi) is 6.81. The van der Waals surface area contributed by atoms with E-state index in [1.807, 2.05) is 25.3 Å². The molecule has 0 unspecified atom stereocenters. The van der Waals surface area contributed by atoms with E-state index in [-0.39, 0.29) is 24.2 Å². The highest BCUT2D eigenvalue weighted by Crippen LogP contribution is 2.32. The number of aryl methyl sites for hydroxylation is 1. The van der Waals surface area contributed by atoms with Crippen LogP contribution in [-0.2, 0) is 11.2 Å². The summed E-state index contributed by atoms with van der Waals surface area (Å²) in [7, 11) is 0. The van der Waals surface area contributed by atoms with Crippen LogP contribution in [0.15, 0.2) is 61.2 Å². The number of aromatic amines is 1. The van der Waals surface area contributed by atoms with Gasteiger partial charge in [0, 0.05) is 44.5 Å². The summed E-state index contributed by atoms with van der Waals surface area (Å²) >= 11 is 0. The first-order valence-corrected chi connectivity index (χ1v) is 12.0. The Bertz CT molecular complexity index is 1350. The van der Waals surface area contributed by atoms with Gasteiger partial charge in [-0.05, 0) is 54.8 Å². The first-order valence-electron chi connectivity index (χ1n) is 12.0. The van der Waals surface area contributed by atoms with Gasteiger partial charge in [-0.15, -0.1) is 0 Å². The molecule has 186 valence electrons. The second-order valence-corrected chi connectivity index (χ2v) is 9.01. The number of carbonyl (C=O) groups excluding carboxylic acids is 1. The lowest BCUT2D eigenvalue weighted by molar-refractivity contribution is -0.134. The quantitative estimate of drug-likeness (QED) is 0.404. The number of carbonyl (C=O) groups is 1. The van der Waals surface area contributed by atoms with Gasteiger partial charge in [-0.25, -0.2) is 9.37 Å². The molecule has 1 fully saturated rings. The molecule has 9 heteroatoms. The van der Waals surface area contributed by atoms with Gasteiger partial charge in [-0.1, -0.05) is 6.07 Å². The first-order chi connectivity index (χ1) is 17.5. The third-order valence-corrected chi connectivity index (χ3v) is 6.41. The average Bonchev–Trinajstić information content (AvgIpc) is 3.28. The van der Waals surface area contributed by atoms with Gasteiger partial charge in [-0.3, -0.25) is 9.78 Å². The molecule has 0 bridgehead atoms. The molecule has 1 aromatic carbocycles.